The van der Waals surface area contributed by atoms with E-state index in [9.17, 15) is 9.59 Å². The maximum Gasteiger partial charge on any atom is 0.308 e. The fourth-order valence-electron chi connectivity index (χ4n) is 2.59. The number of esters is 1. The van der Waals surface area contributed by atoms with E-state index in [1.807, 2.05) is 13.8 Å². The van der Waals surface area contributed by atoms with Crippen molar-refractivity contribution in [2.24, 2.45) is 5.92 Å². The normalized spacial score (nSPS) is 22.3. The van der Waals surface area contributed by atoms with Crippen molar-refractivity contribution in [2.45, 2.75) is 58.4 Å². The Morgan fingerprint density at radius 3 is 2.70 bits per heavy atom. The topological polar surface area (TPSA) is 67.4 Å². The number of rotatable bonds is 8. The zero-order valence-corrected chi connectivity index (χ0v) is 12.7. The molecule has 5 heteroatoms. The molecule has 0 aromatic rings. The van der Waals surface area contributed by atoms with Crippen LogP contribution in [-0.2, 0) is 14.3 Å². The zero-order chi connectivity index (χ0) is 14.8. The van der Waals surface area contributed by atoms with Crippen molar-refractivity contribution in [3.05, 3.63) is 0 Å². The molecular weight excluding hydrogens is 256 g/mol. The lowest BCUT2D eigenvalue weighted by Crippen LogP contribution is -2.38. The number of carbonyl (C=O) groups excluding carboxylic acids is 2. The van der Waals surface area contributed by atoms with Crippen LogP contribution < -0.4 is 10.6 Å². The van der Waals surface area contributed by atoms with E-state index in [-0.39, 0.29) is 17.8 Å². The summed E-state index contributed by atoms with van der Waals surface area (Å²) in [6.45, 7) is 5.75. The summed E-state index contributed by atoms with van der Waals surface area (Å²) in [5, 5.41) is 6.25. The summed E-state index contributed by atoms with van der Waals surface area (Å²) in [7, 11) is 0. The highest BCUT2D eigenvalue weighted by Gasteiger charge is 2.27. The molecule has 116 valence electrons. The van der Waals surface area contributed by atoms with E-state index in [1.54, 1.807) is 0 Å². The van der Waals surface area contributed by atoms with Crippen molar-refractivity contribution in [1.82, 2.24) is 10.6 Å². The highest BCUT2D eigenvalue weighted by molar-refractivity contribution is 5.76. The Bertz CT molecular complexity index is 307. The molecule has 0 spiro atoms. The molecule has 1 rings (SSSR count). The quantitative estimate of drug-likeness (QED) is 0.665. The summed E-state index contributed by atoms with van der Waals surface area (Å²) in [5.41, 5.74) is 0. The van der Waals surface area contributed by atoms with E-state index in [4.69, 9.17) is 4.74 Å². The SMILES string of the molecule is CCCNC(=O)CCNC1CCCC(C(=O)OCC)C1. The summed E-state index contributed by atoms with van der Waals surface area (Å²) in [5.74, 6) is 0.0481. The van der Waals surface area contributed by atoms with E-state index >= 15 is 0 Å². The maximum absolute atomic E-state index is 11.7. The highest BCUT2D eigenvalue weighted by atomic mass is 16.5. The van der Waals surface area contributed by atoms with Gasteiger partial charge in [0.15, 0.2) is 0 Å². The van der Waals surface area contributed by atoms with Crippen molar-refractivity contribution in [2.75, 3.05) is 19.7 Å². The molecule has 2 atom stereocenters. The van der Waals surface area contributed by atoms with Crippen molar-refractivity contribution in [3.63, 3.8) is 0 Å². The second-order valence-corrected chi connectivity index (χ2v) is 5.37. The Morgan fingerprint density at radius 2 is 2.00 bits per heavy atom. The van der Waals surface area contributed by atoms with Crippen LogP contribution in [0.25, 0.3) is 0 Å². The fraction of sp³-hybridized carbons (Fsp3) is 0.867. The fourth-order valence-corrected chi connectivity index (χ4v) is 2.59. The smallest absolute Gasteiger partial charge is 0.308 e. The van der Waals surface area contributed by atoms with Gasteiger partial charge in [-0.05, 0) is 32.6 Å². The largest absolute Gasteiger partial charge is 0.466 e. The van der Waals surface area contributed by atoms with E-state index < -0.39 is 0 Å². The molecule has 1 fully saturated rings. The van der Waals surface area contributed by atoms with Crippen molar-refractivity contribution >= 4 is 11.9 Å². The first kappa shape index (κ1) is 17.0. The molecule has 1 amide bonds. The van der Waals surface area contributed by atoms with Crippen LogP contribution in [0.1, 0.15) is 52.4 Å². The molecule has 0 aliphatic heterocycles. The summed E-state index contributed by atoms with van der Waals surface area (Å²) < 4.78 is 5.09. The van der Waals surface area contributed by atoms with Gasteiger partial charge in [-0.1, -0.05) is 13.3 Å². The first-order chi connectivity index (χ1) is 9.67. The molecule has 0 aromatic carbocycles. The minimum absolute atomic E-state index is 0.0233. The van der Waals surface area contributed by atoms with Gasteiger partial charge in [-0.15, -0.1) is 0 Å². The first-order valence-electron chi connectivity index (χ1n) is 7.84. The molecule has 1 aliphatic carbocycles. The van der Waals surface area contributed by atoms with Crippen molar-refractivity contribution < 1.29 is 14.3 Å². The monoisotopic (exact) mass is 284 g/mol. The molecule has 0 aromatic heterocycles. The van der Waals surface area contributed by atoms with E-state index in [2.05, 4.69) is 10.6 Å². The van der Waals surface area contributed by atoms with Crippen LogP contribution in [0.3, 0.4) is 0 Å². The van der Waals surface area contributed by atoms with Crippen molar-refractivity contribution in [1.29, 1.82) is 0 Å². The Hall–Kier alpha value is -1.10. The summed E-state index contributed by atoms with van der Waals surface area (Å²) >= 11 is 0. The van der Waals surface area contributed by atoms with E-state index in [0.717, 1.165) is 38.6 Å². The second-order valence-electron chi connectivity index (χ2n) is 5.37. The molecule has 0 radical (unpaired) electrons. The van der Waals surface area contributed by atoms with E-state index in [0.29, 0.717) is 25.6 Å². The lowest BCUT2D eigenvalue weighted by Gasteiger charge is -2.28. The van der Waals surface area contributed by atoms with Gasteiger partial charge in [-0.25, -0.2) is 0 Å². The number of hydrogen-bond donors (Lipinski definition) is 2. The Morgan fingerprint density at radius 1 is 1.20 bits per heavy atom. The molecule has 0 heterocycles. The van der Waals surface area contributed by atoms with Crippen LogP contribution in [0.4, 0.5) is 0 Å². The molecule has 0 bridgehead atoms. The summed E-state index contributed by atoms with van der Waals surface area (Å²) in [6.07, 6.45) is 5.34. The Kier molecular flexibility index (Phi) is 8.26. The molecule has 2 N–H and O–H groups in total. The third-order valence-corrected chi connectivity index (χ3v) is 3.65. The minimum atomic E-state index is -0.0697. The lowest BCUT2D eigenvalue weighted by molar-refractivity contribution is -0.149. The van der Waals surface area contributed by atoms with Crippen LogP contribution in [-0.4, -0.2) is 37.6 Å². The maximum atomic E-state index is 11.7. The van der Waals surface area contributed by atoms with Gasteiger partial charge in [0.2, 0.25) is 5.91 Å². The van der Waals surface area contributed by atoms with Crippen molar-refractivity contribution in [3.8, 4) is 0 Å². The standard InChI is InChI=1S/C15H28N2O3/c1-3-9-17-14(18)8-10-16-13-7-5-6-12(11-13)15(19)20-4-2/h12-13,16H,3-11H2,1-2H3,(H,17,18). The van der Waals surface area contributed by atoms with Gasteiger partial charge in [0, 0.05) is 25.6 Å². The number of carbonyl (C=O) groups is 2. The van der Waals surface area contributed by atoms with Gasteiger partial charge in [0.05, 0.1) is 12.5 Å². The van der Waals surface area contributed by atoms with Gasteiger partial charge in [-0.2, -0.15) is 0 Å². The molecule has 5 nitrogen and oxygen atoms in total. The van der Waals surface area contributed by atoms with Crippen LogP contribution in [0.2, 0.25) is 0 Å². The van der Waals surface area contributed by atoms with Gasteiger partial charge in [0.1, 0.15) is 0 Å². The third-order valence-electron chi connectivity index (χ3n) is 3.65. The first-order valence-corrected chi connectivity index (χ1v) is 7.84. The second kappa shape index (κ2) is 9.75. The number of ether oxygens (including phenoxy) is 1. The molecule has 0 saturated heterocycles. The molecular formula is C15H28N2O3. The Labute approximate surface area is 121 Å². The Balaban J connectivity index is 2.20. The summed E-state index contributed by atoms with van der Waals surface area (Å²) in [4.78, 5) is 23.2. The molecule has 1 saturated carbocycles. The van der Waals surface area contributed by atoms with Gasteiger partial charge >= 0.3 is 5.97 Å². The average Bonchev–Trinajstić information content (AvgIpc) is 2.45. The zero-order valence-electron chi connectivity index (χ0n) is 12.7. The van der Waals surface area contributed by atoms with Crippen LogP contribution in [0, 0.1) is 5.92 Å². The van der Waals surface area contributed by atoms with Gasteiger partial charge < -0.3 is 15.4 Å². The number of nitrogens with one attached hydrogen (secondary N) is 2. The predicted octanol–water partition coefficient (Wildman–Crippen LogP) is 1.61. The third kappa shape index (κ3) is 6.37. The predicted molar refractivity (Wildman–Crippen MR) is 78.3 cm³/mol. The summed E-state index contributed by atoms with van der Waals surface area (Å²) in [6, 6.07) is 0.331. The van der Waals surface area contributed by atoms with Crippen LogP contribution >= 0.6 is 0 Å². The average molecular weight is 284 g/mol. The number of hydrogen-bond acceptors (Lipinski definition) is 4. The van der Waals surface area contributed by atoms with Gasteiger partial charge in [-0.3, -0.25) is 9.59 Å². The van der Waals surface area contributed by atoms with Crippen LogP contribution in [0.5, 0.6) is 0 Å². The highest BCUT2D eigenvalue weighted by Crippen LogP contribution is 2.25. The van der Waals surface area contributed by atoms with Crippen LogP contribution in [0.15, 0.2) is 0 Å². The minimum Gasteiger partial charge on any atom is -0.466 e. The number of amides is 1. The van der Waals surface area contributed by atoms with E-state index in [1.165, 1.54) is 0 Å². The lowest BCUT2D eigenvalue weighted by atomic mass is 9.85. The van der Waals surface area contributed by atoms with Gasteiger partial charge in [0.25, 0.3) is 0 Å². The molecule has 1 aliphatic rings. The molecule has 20 heavy (non-hydrogen) atoms. The molecule has 2 unspecified atom stereocenters.